The van der Waals surface area contributed by atoms with Crippen LogP contribution in [-0.2, 0) is 11.3 Å². The fourth-order valence-corrected chi connectivity index (χ4v) is 3.65. The number of quaternary nitrogens is 1. The van der Waals surface area contributed by atoms with Crippen molar-refractivity contribution in [2.75, 3.05) is 26.2 Å². The number of hydrogen-bond donors (Lipinski definition) is 1. The van der Waals surface area contributed by atoms with Crippen molar-refractivity contribution in [1.29, 1.82) is 0 Å². The number of nitrogens with one attached hydrogen (secondary N) is 1. The van der Waals surface area contributed by atoms with Crippen LogP contribution in [0, 0.1) is 11.7 Å². The monoisotopic (exact) mass is 291 g/mol. The number of likely N-dealkylation sites (tertiary alicyclic amines) is 2. The van der Waals surface area contributed by atoms with E-state index in [2.05, 4.69) is 0 Å². The lowest BCUT2D eigenvalue weighted by Gasteiger charge is -2.31. The number of rotatable bonds is 3. The van der Waals surface area contributed by atoms with Gasteiger partial charge in [-0.05, 0) is 37.8 Å². The molecule has 0 radical (unpaired) electrons. The average Bonchev–Trinajstić information content (AvgIpc) is 3.01. The van der Waals surface area contributed by atoms with Crippen molar-refractivity contribution in [1.82, 2.24) is 4.90 Å². The molecule has 2 aliphatic heterocycles. The summed E-state index contributed by atoms with van der Waals surface area (Å²) in [7, 11) is 0. The molecule has 2 atom stereocenters. The normalized spacial score (nSPS) is 26.0. The van der Waals surface area contributed by atoms with E-state index in [-0.39, 0.29) is 11.7 Å². The summed E-state index contributed by atoms with van der Waals surface area (Å²) >= 11 is 0. The first-order valence-electron chi connectivity index (χ1n) is 8.09. The summed E-state index contributed by atoms with van der Waals surface area (Å²) in [5.41, 5.74) is 1.03. The maximum atomic E-state index is 13.3. The number of piperidine rings is 1. The fraction of sp³-hybridized carbons (Fsp3) is 0.588. The first-order chi connectivity index (χ1) is 10.2. The van der Waals surface area contributed by atoms with E-state index < -0.39 is 0 Å². The SMILES string of the molecule is O=C([C@H]1CCC[NH+](Cc2cccc(F)c2)C1)N1CCCC1. The lowest BCUT2D eigenvalue weighted by atomic mass is 9.96. The average molecular weight is 291 g/mol. The lowest BCUT2D eigenvalue weighted by Crippen LogP contribution is -3.12. The standard InChI is InChI=1S/C17H23FN2O/c18-16-7-3-5-14(11-16)12-19-8-4-6-15(13-19)17(21)20-9-1-2-10-20/h3,5,7,11,15H,1-2,4,6,8-10,12-13H2/p+1/t15-/m0/s1. The van der Waals surface area contributed by atoms with Gasteiger partial charge in [-0.15, -0.1) is 0 Å². The molecule has 1 aromatic rings. The van der Waals surface area contributed by atoms with Crippen molar-refractivity contribution in [2.45, 2.75) is 32.2 Å². The third-order valence-electron chi connectivity index (χ3n) is 4.73. The third-order valence-corrected chi connectivity index (χ3v) is 4.73. The summed E-state index contributed by atoms with van der Waals surface area (Å²) in [5.74, 6) is 0.345. The minimum absolute atomic E-state index is 0.167. The van der Waals surface area contributed by atoms with Crippen LogP contribution < -0.4 is 4.90 Å². The Kier molecular flexibility index (Phi) is 4.54. The highest BCUT2D eigenvalue weighted by molar-refractivity contribution is 5.79. The van der Waals surface area contributed by atoms with Crippen LogP contribution in [0.25, 0.3) is 0 Å². The molecule has 0 bridgehead atoms. The summed E-state index contributed by atoms with van der Waals surface area (Å²) in [4.78, 5) is 15.9. The Morgan fingerprint density at radius 1 is 1.29 bits per heavy atom. The van der Waals surface area contributed by atoms with Gasteiger partial charge in [-0.1, -0.05) is 12.1 Å². The van der Waals surface area contributed by atoms with Crippen LogP contribution in [-0.4, -0.2) is 37.0 Å². The van der Waals surface area contributed by atoms with Crippen LogP contribution in [0.5, 0.6) is 0 Å². The molecule has 1 aromatic carbocycles. The number of benzene rings is 1. The van der Waals surface area contributed by atoms with E-state index in [0.717, 1.165) is 64.0 Å². The Labute approximate surface area is 125 Å². The number of nitrogens with zero attached hydrogens (tertiary/aromatic N) is 1. The highest BCUT2D eigenvalue weighted by Crippen LogP contribution is 2.16. The topological polar surface area (TPSA) is 24.8 Å². The lowest BCUT2D eigenvalue weighted by molar-refractivity contribution is -0.921. The van der Waals surface area contributed by atoms with Gasteiger partial charge < -0.3 is 9.80 Å². The quantitative estimate of drug-likeness (QED) is 0.890. The molecule has 0 aromatic heterocycles. The summed E-state index contributed by atoms with van der Waals surface area (Å²) in [5, 5.41) is 0. The van der Waals surface area contributed by atoms with Crippen LogP contribution in [0.2, 0.25) is 0 Å². The molecule has 114 valence electrons. The first-order valence-corrected chi connectivity index (χ1v) is 8.09. The molecule has 3 rings (SSSR count). The number of carbonyl (C=O) groups is 1. The molecule has 2 aliphatic rings. The Hall–Kier alpha value is -1.42. The second-order valence-corrected chi connectivity index (χ2v) is 6.38. The van der Waals surface area contributed by atoms with Gasteiger partial charge in [-0.3, -0.25) is 4.79 Å². The second-order valence-electron chi connectivity index (χ2n) is 6.38. The molecule has 2 heterocycles. The maximum absolute atomic E-state index is 13.3. The van der Waals surface area contributed by atoms with Gasteiger partial charge in [0.1, 0.15) is 12.4 Å². The van der Waals surface area contributed by atoms with Gasteiger partial charge in [-0.25, -0.2) is 4.39 Å². The predicted octanol–water partition coefficient (Wildman–Crippen LogP) is 1.24. The van der Waals surface area contributed by atoms with Crippen LogP contribution in [0.4, 0.5) is 4.39 Å². The molecule has 1 N–H and O–H groups in total. The van der Waals surface area contributed by atoms with Gasteiger partial charge in [0.2, 0.25) is 5.91 Å². The van der Waals surface area contributed by atoms with Crippen LogP contribution in [0.3, 0.4) is 0 Å². The van der Waals surface area contributed by atoms with Crippen molar-refractivity contribution in [2.24, 2.45) is 5.92 Å². The molecule has 0 saturated carbocycles. The van der Waals surface area contributed by atoms with Gasteiger partial charge in [0.15, 0.2) is 0 Å². The van der Waals surface area contributed by atoms with Crippen molar-refractivity contribution in [3.05, 3.63) is 35.6 Å². The second kappa shape index (κ2) is 6.56. The van der Waals surface area contributed by atoms with Crippen molar-refractivity contribution < 1.29 is 14.1 Å². The summed E-state index contributed by atoms with van der Waals surface area (Å²) in [6.07, 6.45) is 4.41. The van der Waals surface area contributed by atoms with Gasteiger partial charge in [0.05, 0.1) is 19.0 Å². The third kappa shape index (κ3) is 3.62. The number of carbonyl (C=O) groups excluding carboxylic acids is 1. The van der Waals surface area contributed by atoms with E-state index in [1.807, 2.05) is 11.0 Å². The minimum atomic E-state index is -0.173. The molecule has 21 heavy (non-hydrogen) atoms. The number of halogens is 1. The highest BCUT2D eigenvalue weighted by Gasteiger charge is 2.32. The molecule has 4 heteroatoms. The minimum Gasteiger partial charge on any atom is -0.342 e. The molecular formula is C17H24FN2O+. The summed E-state index contributed by atoms with van der Waals surface area (Å²) in [6, 6.07) is 6.83. The van der Waals surface area contributed by atoms with Crippen molar-refractivity contribution >= 4 is 5.91 Å². The van der Waals surface area contributed by atoms with E-state index in [4.69, 9.17) is 0 Å². The van der Waals surface area contributed by atoms with Gasteiger partial charge in [-0.2, -0.15) is 0 Å². The zero-order valence-corrected chi connectivity index (χ0v) is 12.5. The smallest absolute Gasteiger partial charge is 0.231 e. The molecule has 0 spiro atoms. The molecule has 2 saturated heterocycles. The van der Waals surface area contributed by atoms with E-state index in [0.29, 0.717) is 5.91 Å². The highest BCUT2D eigenvalue weighted by atomic mass is 19.1. The predicted molar refractivity (Wildman–Crippen MR) is 79.3 cm³/mol. The van der Waals surface area contributed by atoms with Crippen molar-refractivity contribution in [3.8, 4) is 0 Å². The molecule has 2 fully saturated rings. The molecule has 0 aliphatic carbocycles. The fourth-order valence-electron chi connectivity index (χ4n) is 3.65. The summed E-state index contributed by atoms with van der Waals surface area (Å²) in [6.45, 7) is 4.68. The summed E-state index contributed by atoms with van der Waals surface area (Å²) < 4.78 is 13.3. The van der Waals surface area contributed by atoms with Crippen LogP contribution in [0.1, 0.15) is 31.2 Å². The number of amides is 1. The largest absolute Gasteiger partial charge is 0.342 e. The van der Waals surface area contributed by atoms with Crippen LogP contribution >= 0.6 is 0 Å². The zero-order chi connectivity index (χ0) is 14.7. The Balaban J connectivity index is 1.59. The zero-order valence-electron chi connectivity index (χ0n) is 12.5. The molecular weight excluding hydrogens is 267 g/mol. The Bertz CT molecular complexity index is 499. The Morgan fingerprint density at radius 2 is 2.10 bits per heavy atom. The van der Waals surface area contributed by atoms with E-state index >= 15 is 0 Å². The van der Waals surface area contributed by atoms with E-state index in [1.54, 1.807) is 12.1 Å². The van der Waals surface area contributed by atoms with Gasteiger partial charge in [0.25, 0.3) is 0 Å². The molecule has 1 unspecified atom stereocenters. The van der Waals surface area contributed by atoms with Crippen molar-refractivity contribution in [3.63, 3.8) is 0 Å². The molecule has 3 nitrogen and oxygen atoms in total. The maximum Gasteiger partial charge on any atom is 0.231 e. The van der Waals surface area contributed by atoms with E-state index in [1.165, 1.54) is 11.0 Å². The Morgan fingerprint density at radius 3 is 2.86 bits per heavy atom. The van der Waals surface area contributed by atoms with Gasteiger partial charge >= 0.3 is 0 Å². The van der Waals surface area contributed by atoms with Crippen LogP contribution in [0.15, 0.2) is 24.3 Å². The van der Waals surface area contributed by atoms with E-state index in [9.17, 15) is 9.18 Å². The molecule has 1 amide bonds. The first kappa shape index (κ1) is 14.5. The number of hydrogen-bond acceptors (Lipinski definition) is 1. The van der Waals surface area contributed by atoms with Gasteiger partial charge in [0, 0.05) is 18.7 Å².